The molecule has 1 unspecified atom stereocenters. The minimum absolute atomic E-state index is 0.161. The van der Waals surface area contributed by atoms with Crippen molar-refractivity contribution in [3.63, 3.8) is 0 Å². The van der Waals surface area contributed by atoms with Crippen LogP contribution in [-0.4, -0.2) is 23.1 Å². The number of rotatable bonds is 4. The molecule has 0 saturated heterocycles. The van der Waals surface area contributed by atoms with Gasteiger partial charge in [-0.2, -0.15) is 0 Å². The van der Waals surface area contributed by atoms with Gasteiger partial charge in [0, 0.05) is 6.92 Å². The van der Waals surface area contributed by atoms with E-state index in [1.54, 1.807) is 12.2 Å². The predicted octanol–water partition coefficient (Wildman–Crippen LogP) is 2.49. The van der Waals surface area contributed by atoms with E-state index in [2.05, 4.69) is 0 Å². The zero-order valence-electron chi connectivity index (χ0n) is 12.0. The highest BCUT2D eigenvalue weighted by molar-refractivity contribution is 6.07. The number of hydrogen-bond acceptors (Lipinski definition) is 4. The Hall–Kier alpha value is -2.49. The second kappa shape index (κ2) is 5.87. The van der Waals surface area contributed by atoms with E-state index in [9.17, 15) is 14.4 Å². The fourth-order valence-corrected chi connectivity index (χ4v) is 2.37. The topological polar surface area (TPSA) is 60.4 Å². The van der Waals surface area contributed by atoms with Gasteiger partial charge >= 0.3 is 5.97 Å². The molecule has 0 N–H and O–H groups in total. The maximum absolute atomic E-state index is 12.2. The average molecular weight is 284 g/mol. The van der Waals surface area contributed by atoms with Crippen molar-refractivity contribution in [2.75, 3.05) is 0 Å². The molecule has 4 nitrogen and oxygen atoms in total. The number of hydrogen-bond donors (Lipinski definition) is 0. The van der Waals surface area contributed by atoms with E-state index in [1.807, 2.05) is 30.3 Å². The van der Waals surface area contributed by atoms with Crippen molar-refractivity contribution in [3.05, 3.63) is 54.1 Å². The lowest BCUT2D eigenvalue weighted by molar-refractivity contribution is -0.160. The number of carbonyl (C=O) groups excluding carboxylic acids is 3. The zero-order valence-corrected chi connectivity index (χ0v) is 12.0. The predicted molar refractivity (Wildman–Crippen MR) is 78.4 cm³/mol. The van der Waals surface area contributed by atoms with Gasteiger partial charge in [-0.1, -0.05) is 36.4 Å². The summed E-state index contributed by atoms with van der Waals surface area (Å²) >= 11 is 0. The molecular formula is C17H16O4. The molecule has 0 saturated carbocycles. The molecule has 2 rings (SSSR count). The molecule has 0 spiro atoms. The third-order valence-corrected chi connectivity index (χ3v) is 3.16. The van der Waals surface area contributed by atoms with Crippen molar-refractivity contribution >= 4 is 23.1 Å². The van der Waals surface area contributed by atoms with E-state index in [4.69, 9.17) is 4.74 Å². The van der Waals surface area contributed by atoms with Crippen LogP contribution in [0.5, 0.6) is 0 Å². The van der Waals surface area contributed by atoms with E-state index < -0.39 is 17.4 Å². The van der Waals surface area contributed by atoms with Crippen molar-refractivity contribution < 1.29 is 19.1 Å². The molecule has 0 amide bonds. The first kappa shape index (κ1) is 14.9. The monoisotopic (exact) mass is 284 g/mol. The summed E-state index contributed by atoms with van der Waals surface area (Å²) in [7, 11) is 0. The number of Topliss-reactive ketones (excluding diaryl/α,β-unsaturated/α-hetero) is 1. The number of esters is 1. The third kappa shape index (κ3) is 3.34. The van der Waals surface area contributed by atoms with Crippen molar-refractivity contribution in [2.45, 2.75) is 25.9 Å². The third-order valence-electron chi connectivity index (χ3n) is 3.16. The van der Waals surface area contributed by atoms with Crippen molar-refractivity contribution in [2.24, 2.45) is 0 Å². The summed E-state index contributed by atoms with van der Waals surface area (Å²) in [4.78, 5) is 35.0. The minimum Gasteiger partial charge on any atom is -0.446 e. The van der Waals surface area contributed by atoms with Crippen LogP contribution in [0.3, 0.4) is 0 Å². The molecule has 0 heterocycles. The summed E-state index contributed by atoms with van der Waals surface area (Å²) in [5.41, 5.74) is 0.108. The van der Waals surface area contributed by atoms with E-state index in [0.717, 1.165) is 11.1 Å². The number of benzene rings is 1. The second-order valence-corrected chi connectivity index (χ2v) is 5.03. The van der Waals surface area contributed by atoms with Crippen LogP contribution in [0.4, 0.5) is 0 Å². The Balaban J connectivity index is 2.49. The Bertz CT molecular complexity index is 622. The summed E-state index contributed by atoms with van der Waals surface area (Å²) in [6.07, 6.45) is 4.42. The highest BCUT2D eigenvalue weighted by Crippen LogP contribution is 2.31. The van der Waals surface area contributed by atoms with Crippen LogP contribution in [0.1, 0.15) is 25.8 Å². The van der Waals surface area contributed by atoms with Crippen LogP contribution in [0.15, 0.2) is 48.6 Å². The smallest absolute Gasteiger partial charge is 0.303 e. The fourth-order valence-electron chi connectivity index (χ4n) is 2.37. The lowest BCUT2D eigenvalue weighted by atomic mass is 9.84. The molecule has 1 aromatic rings. The molecule has 0 fully saturated rings. The highest BCUT2D eigenvalue weighted by atomic mass is 16.6. The summed E-state index contributed by atoms with van der Waals surface area (Å²) in [5.74, 6) is -1.21. The molecular weight excluding hydrogens is 268 g/mol. The normalized spacial score (nSPS) is 20.9. The Morgan fingerprint density at radius 3 is 2.33 bits per heavy atom. The van der Waals surface area contributed by atoms with Gasteiger partial charge in [0.05, 0.1) is 6.42 Å². The summed E-state index contributed by atoms with van der Waals surface area (Å²) < 4.78 is 5.22. The largest absolute Gasteiger partial charge is 0.446 e. The lowest BCUT2D eigenvalue weighted by Crippen LogP contribution is -2.43. The molecule has 4 heteroatoms. The molecule has 1 aliphatic carbocycles. The molecule has 1 aliphatic rings. The summed E-state index contributed by atoms with van der Waals surface area (Å²) in [5, 5.41) is 0. The molecule has 21 heavy (non-hydrogen) atoms. The van der Waals surface area contributed by atoms with E-state index in [0.29, 0.717) is 0 Å². The van der Waals surface area contributed by atoms with Gasteiger partial charge in [0.25, 0.3) is 0 Å². The van der Waals surface area contributed by atoms with Gasteiger partial charge in [-0.25, -0.2) is 0 Å². The molecule has 0 bridgehead atoms. The van der Waals surface area contributed by atoms with Crippen molar-refractivity contribution in [1.82, 2.24) is 0 Å². The Labute approximate surface area is 123 Å². The molecule has 0 aliphatic heterocycles. The van der Waals surface area contributed by atoms with Gasteiger partial charge in [-0.3, -0.25) is 14.4 Å². The SMILES string of the molecule is CC(=O)CC1(OC(C)=O)C=C(c2ccccc2)C=CC1=O. The second-order valence-electron chi connectivity index (χ2n) is 5.03. The summed E-state index contributed by atoms with van der Waals surface area (Å²) in [6, 6.07) is 9.41. The maximum Gasteiger partial charge on any atom is 0.303 e. The average Bonchev–Trinajstić information content (AvgIpc) is 2.41. The molecule has 1 atom stereocenters. The Morgan fingerprint density at radius 1 is 1.10 bits per heavy atom. The van der Waals surface area contributed by atoms with Gasteiger partial charge in [-0.15, -0.1) is 0 Å². The van der Waals surface area contributed by atoms with E-state index in [-0.39, 0.29) is 12.2 Å². The molecule has 0 aromatic heterocycles. The number of ketones is 2. The quantitative estimate of drug-likeness (QED) is 0.797. The van der Waals surface area contributed by atoms with Crippen LogP contribution >= 0.6 is 0 Å². The van der Waals surface area contributed by atoms with Gasteiger partial charge < -0.3 is 4.74 Å². The number of allylic oxidation sites excluding steroid dienone is 2. The molecule has 0 radical (unpaired) electrons. The van der Waals surface area contributed by atoms with Gasteiger partial charge in [0.2, 0.25) is 5.78 Å². The fraction of sp³-hybridized carbons (Fsp3) is 0.235. The maximum atomic E-state index is 12.2. The first-order valence-corrected chi connectivity index (χ1v) is 6.63. The Kier molecular flexibility index (Phi) is 4.17. The number of carbonyl (C=O) groups is 3. The van der Waals surface area contributed by atoms with E-state index >= 15 is 0 Å². The highest BCUT2D eigenvalue weighted by Gasteiger charge is 2.41. The Morgan fingerprint density at radius 2 is 1.76 bits per heavy atom. The lowest BCUT2D eigenvalue weighted by Gasteiger charge is -2.29. The van der Waals surface area contributed by atoms with Gasteiger partial charge in [0.15, 0.2) is 5.60 Å². The van der Waals surface area contributed by atoms with Crippen LogP contribution < -0.4 is 0 Å². The standard InChI is InChI=1S/C17H16O4/c1-12(18)10-17(21-13(2)19)11-15(8-9-16(17)20)14-6-4-3-5-7-14/h3-9,11H,10H2,1-2H3. The van der Waals surface area contributed by atoms with Crippen LogP contribution in [0, 0.1) is 0 Å². The number of ether oxygens (including phenoxy) is 1. The minimum atomic E-state index is -1.53. The first-order chi connectivity index (χ1) is 9.93. The molecule has 1 aromatic carbocycles. The first-order valence-electron chi connectivity index (χ1n) is 6.63. The van der Waals surface area contributed by atoms with E-state index in [1.165, 1.54) is 19.9 Å². The van der Waals surface area contributed by atoms with Gasteiger partial charge in [0.1, 0.15) is 5.78 Å². The van der Waals surface area contributed by atoms with Crippen molar-refractivity contribution in [1.29, 1.82) is 0 Å². The van der Waals surface area contributed by atoms with Crippen molar-refractivity contribution in [3.8, 4) is 0 Å². The summed E-state index contributed by atoms with van der Waals surface area (Å²) in [6.45, 7) is 2.59. The molecule has 108 valence electrons. The van der Waals surface area contributed by atoms with Crippen LogP contribution in [0.2, 0.25) is 0 Å². The zero-order chi connectivity index (χ0) is 15.5. The van der Waals surface area contributed by atoms with Gasteiger partial charge in [-0.05, 0) is 30.2 Å². The van der Waals surface area contributed by atoms with Crippen LogP contribution in [0.25, 0.3) is 5.57 Å². The van der Waals surface area contributed by atoms with Crippen LogP contribution in [-0.2, 0) is 19.1 Å².